The Hall–Kier alpha value is -4.26. The Morgan fingerprint density at radius 3 is 2.26 bits per heavy atom. The van der Waals surface area contributed by atoms with Crippen molar-refractivity contribution in [3.63, 3.8) is 0 Å². The topological polar surface area (TPSA) is 92.8 Å². The van der Waals surface area contributed by atoms with E-state index >= 15 is 0 Å². The van der Waals surface area contributed by atoms with Gasteiger partial charge in [-0.3, -0.25) is 19.3 Å². The zero-order chi connectivity index (χ0) is 26.4. The molecule has 3 aromatic carbocycles. The van der Waals surface area contributed by atoms with E-state index in [1.807, 2.05) is 37.3 Å². The van der Waals surface area contributed by atoms with Crippen LogP contribution in [0.2, 0.25) is 0 Å². The fourth-order valence-corrected chi connectivity index (χ4v) is 6.59. The molecule has 3 aromatic rings. The normalized spacial score (nSPS) is 25.4. The van der Waals surface area contributed by atoms with Crippen LogP contribution in [-0.2, 0) is 19.1 Å². The van der Waals surface area contributed by atoms with Crippen LogP contribution in [0.4, 0.5) is 11.4 Å². The Kier molecular flexibility index (Phi) is 6.06. The number of carbonyl (C=O) groups excluding carboxylic acids is 4. The summed E-state index contributed by atoms with van der Waals surface area (Å²) in [6.07, 6.45) is 1.85. The molecule has 2 aliphatic carbocycles. The van der Waals surface area contributed by atoms with Crippen LogP contribution in [0.3, 0.4) is 0 Å². The van der Waals surface area contributed by atoms with E-state index in [4.69, 9.17) is 4.74 Å². The lowest BCUT2D eigenvalue weighted by molar-refractivity contribution is -0.123. The number of fused-ring (bicyclic) bond motifs is 5. The fourth-order valence-electron chi connectivity index (χ4n) is 6.59. The molecule has 3 amide bonds. The lowest BCUT2D eigenvalue weighted by Crippen LogP contribution is -2.33. The van der Waals surface area contributed by atoms with Gasteiger partial charge in [0.15, 0.2) is 6.61 Å². The molecule has 1 aliphatic heterocycles. The third-order valence-corrected chi connectivity index (χ3v) is 8.27. The van der Waals surface area contributed by atoms with Gasteiger partial charge in [0, 0.05) is 5.69 Å². The molecule has 192 valence electrons. The van der Waals surface area contributed by atoms with E-state index < -0.39 is 18.5 Å². The Balaban J connectivity index is 1.10. The van der Waals surface area contributed by atoms with Crippen molar-refractivity contribution >= 4 is 35.1 Å². The van der Waals surface area contributed by atoms with Gasteiger partial charge in [-0.15, -0.1) is 0 Å². The largest absolute Gasteiger partial charge is 0.452 e. The van der Waals surface area contributed by atoms with Crippen molar-refractivity contribution in [1.29, 1.82) is 0 Å². The molecule has 6 rings (SSSR count). The fraction of sp³-hybridized carbons (Fsp3) is 0.290. The van der Waals surface area contributed by atoms with Gasteiger partial charge in [-0.25, -0.2) is 4.79 Å². The highest BCUT2D eigenvalue weighted by atomic mass is 16.5. The van der Waals surface area contributed by atoms with Gasteiger partial charge in [0.1, 0.15) is 0 Å². The summed E-state index contributed by atoms with van der Waals surface area (Å²) in [6.45, 7) is 1.53. The van der Waals surface area contributed by atoms with E-state index in [2.05, 4.69) is 17.4 Å². The van der Waals surface area contributed by atoms with Crippen molar-refractivity contribution in [2.45, 2.75) is 25.7 Å². The van der Waals surface area contributed by atoms with E-state index in [0.717, 1.165) is 18.4 Å². The van der Waals surface area contributed by atoms with Gasteiger partial charge >= 0.3 is 5.97 Å². The first-order valence-electron chi connectivity index (χ1n) is 13.0. The molecule has 2 saturated carbocycles. The lowest BCUT2D eigenvalue weighted by Gasteiger charge is -2.28. The summed E-state index contributed by atoms with van der Waals surface area (Å²) in [5.74, 6) is -1.23. The first kappa shape index (κ1) is 24.1. The van der Waals surface area contributed by atoms with Crippen LogP contribution in [0.5, 0.6) is 0 Å². The molecule has 0 spiro atoms. The number of aryl methyl sites for hydroxylation is 1. The SMILES string of the molecule is Cc1ccc(NC(=O)COC(=O)c2ccc(N3C(=O)[C@@H]4[C@@H]5C[C@@H]([C@H]4C3=O)[C@@H](c3ccccc3)C5)cc2)cc1. The first-order valence-corrected chi connectivity index (χ1v) is 13.0. The predicted octanol–water partition coefficient (Wildman–Crippen LogP) is 4.72. The molecule has 7 nitrogen and oxygen atoms in total. The van der Waals surface area contributed by atoms with E-state index in [9.17, 15) is 19.2 Å². The molecular formula is C31H28N2O5. The lowest BCUT2D eigenvalue weighted by atomic mass is 9.73. The predicted molar refractivity (Wildman–Crippen MR) is 141 cm³/mol. The summed E-state index contributed by atoms with van der Waals surface area (Å²) in [5, 5.41) is 2.68. The van der Waals surface area contributed by atoms with Crippen molar-refractivity contribution in [3.8, 4) is 0 Å². The molecule has 1 saturated heterocycles. The van der Waals surface area contributed by atoms with Crippen LogP contribution < -0.4 is 10.2 Å². The van der Waals surface area contributed by atoms with E-state index in [0.29, 0.717) is 17.3 Å². The van der Waals surface area contributed by atoms with Crippen molar-refractivity contribution in [3.05, 3.63) is 95.6 Å². The Labute approximate surface area is 220 Å². The zero-order valence-corrected chi connectivity index (χ0v) is 21.0. The minimum Gasteiger partial charge on any atom is -0.452 e. The number of amides is 3. The number of imide groups is 1. The summed E-state index contributed by atoms with van der Waals surface area (Å²) in [5.41, 5.74) is 3.63. The third-order valence-electron chi connectivity index (χ3n) is 8.27. The smallest absolute Gasteiger partial charge is 0.338 e. The summed E-state index contributed by atoms with van der Waals surface area (Å²) < 4.78 is 5.15. The summed E-state index contributed by atoms with van der Waals surface area (Å²) in [4.78, 5) is 52.8. The molecule has 0 radical (unpaired) electrons. The molecule has 3 fully saturated rings. The van der Waals surface area contributed by atoms with Gasteiger partial charge in [0.25, 0.3) is 5.91 Å². The molecule has 7 heteroatoms. The molecule has 1 N–H and O–H groups in total. The number of nitrogens with one attached hydrogen (secondary N) is 1. The highest BCUT2D eigenvalue weighted by molar-refractivity contribution is 6.22. The van der Waals surface area contributed by atoms with Crippen LogP contribution in [0.25, 0.3) is 0 Å². The number of ether oxygens (including phenoxy) is 1. The highest BCUT2D eigenvalue weighted by Gasteiger charge is 2.64. The molecule has 0 unspecified atom stereocenters. The second-order valence-corrected chi connectivity index (χ2v) is 10.5. The van der Waals surface area contributed by atoms with Gasteiger partial charge in [0.05, 0.1) is 23.1 Å². The van der Waals surface area contributed by atoms with Crippen LogP contribution in [0.1, 0.15) is 40.2 Å². The molecule has 5 atom stereocenters. The Morgan fingerprint density at radius 1 is 0.868 bits per heavy atom. The Morgan fingerprint density at radius 2 is 1.55 bits per heavy atom. The number of hydrogen-bond donors (Lipinski definition) is 1. The van der Waals surface area contributed by atoms with Crippen LogP contribution in [-0.4, -0.2) is 30.3 Å². The molecule has 0 aromatic heterocycles. The number of carbonyl (C=O) groups is 4. The minimum atomic E-state index is -0.657. The van der Waals surface area contributed by atoms with Gasteiger partial charge in [-0.2, -0.15) is 0 Å². The van der Waals surface area contributed by atoms with Crippen LogP contribution >= 0.6 is 0 Å². The monoisotopic (exact) mass is 508 g/mol. The maximum Gasteiger partial charge on any atom is 0.338 e. The molecule has 2 bridgehead atoms. The quantitative estimate of drug-likeness (QED) is 0.384. The van der Waals surface area contributed by atoms with Crippen molar-refractivity contribution in [2.24, 2.45) is 23.7 Å². The molecule has 1 heterocycles. The van der Waals surface area contributed by atoms with Crippen molar-refractivity contribution in [1.82, 2.24) is 0 Å². The van der Waals surface area contributed by atoms with Crippen LogP contribution in [0, 0.1) is 30.6 Å². The van der Waals surface area contributed by atoms with Gasteiger partial charge in [-0.1, -0.05) is 48.0 Å². The second-order valence-electron chi connectivity index (χ2n) is 10.5. The average molecular weight is 509 g/mol. The Bertz CT molecular complexity index is 1400. The number of anilines is 2. The third kappa shape index (κ3) is 4.18. The minimum absolute atomic E-state index is 0.137. The van der Waals surface area contributed by atoms with E-state index in [-0.39, 0.29) is 41.0 Å². The zero-order valence-electron chi connectivity index (χ0n) is 21.0. The average Bonchev–Trinajstić information content (AvgIpc) is 3.60. The van der Waals surface area contributed by atoms with Crippen molar-refractivity contribution in [2.75, 3.05) is 16.8 Å². The number of rotatable bonds is 6. The maximum absolute atomic E-state index is 13.5. The van der Waals surface area contributed by atoms with Crippen molar-refractivity contribution < 1.29 is 23.9 Å². The number of hydrogen-bond acceptors (Lipinski definition) is 5. The summed E-state index contributed by atoms with van der Waals surface area (Å²) in [7, 11) is 0. The number of benzene rings is 3. The number of nitrogens with zero attached hydrogens (tertiary/aromatic N) is 1. The van der Waals surface area contributed by atoms with Gasteiger partial charge in [-0.05, 0) is 79.5 Å². The van der Waals surface area contributed by atoms with E-state index in [1.54, 1.807) is 24.3 Å². The van der Waals surface area contributed by atoms with Gasteiger partial charge < -0.3 is 10.1 Å². The first-order chi connectivity index (χ1) is 18.4. The van der Waals surface area contributed by atoms with Gasteiger partial charge in [0.2, 0.25) is 11.8 Å². The standard InChI is InChI=1S/C31H28N2O5/c1-18-7-11-22(12-8-18)32-26(34)17-38-31(37)20-9-13-23(14-10-20)33-29(35)27-21-15-24(19-5-3-2-4-6-19)25(16-21)28(27)30(33)36/h2-14,21,24-25,27-28H,15-17H2,1H3,(H,32,34)/t21-,24+,25+,27+,28+/m0/s1. The summed E-state index contributed by atoms with van der Waals surface area (Å²) in [6, 6.07) is 23.8. The molecule has 3 aliphatic rings. The van der Waals surface area contributed by atoms with E-state index in [1.165, 1.54) is 22.6 Å². The maximum atomic E-state index is 13.5. The summed E-state index contributed by atoms with van der Waals surface area (Å²) >= 11 is 0. The highest BCUT2D eigenvalue weighted by Crippen LogP contribution is 2.61. The molecular weight excluding hydrogens is 480 g/mol. The number of esters is 1. The van der Waals surface area contributed by atoms with Crippen LogP contribution in [0.15, 0.2) is 78.9 Å². The molecule has 38 heavy (non-hydrogen) atoms. The second kappa shape index (κ2) is 9.56.